The van der Waals surface area contributed by atoms with Crippen molar-refractivity contribution in [2.45, 2.75) is 13.3 Å². The van der Waals surface area contributed by atoms with E-state index < -0.39 is 0 Å². The first-order valence-electron chi connectivity index (χ1n) is 5.66. The van der Waals surface area contributed by atoms with Crippen molar-refractivity contribution in [3.8, 4) is 0 Å². The molecule has 1 heterocycles. The molecule has 0 saturated heterocycles. The number of amides is 1. The summed E-state index contributed by atoms with van der Waals surface area (Å²) in [4.78, 5) is 25.4. The smallest absolute Gasteiger partial charge is 0.248 e. The van der Waals surface area contributed by atoms with Crippen LogP contribution in [-0.4, -0.2) is 16.8 Å². The molecule has 18 heavy (non-hydrogen) atoms. The van der Waals surface area contributed by atoms with E-state index in [-0.39, 0.29) is 17.3 Å². The molecule has 1 amide bonds. The number of anilines is 1. The molecule has 0 fully saturated rings. The summed E-state index contributed by atoms with van der Waals surface area (Å²) in [6.45, 7) is 2.00. The average Bonchev–Trinajstić information content (AvgIpc) is 2.37. The van der Waals surface area contributed by atoms with Gasteiger partial charge in [-0.2, -0.15) is 0 Å². The fourth-order valence-electron chi connectivity index (χ4n) is 1.90. The van der Waals surface area contributed by atoms with Crippen molar-refractivity contribution < 1.29 is 4.79 Å². The number of fused-ring (bicyclic) bond motifs is 1. The summed E-state index contributed by atoms with van der Waals surface area (Å²) < 4.78 is 0. The van der Waals surface area contributed by atoms with Gasteiger partial charge in [0.2, 0.25) is 11.5 Å². The van der Waals surface area contributed by atoms with Crippen LogP contribution in [0.3, 0.4) is 0 Å². The van der Waals surface area contributed by atoms with Gasteiger partial charge >= 0.3 is 0 Å². The Morgan fingerprint density at radius 2 is 2.17 bits per heavy atom. The van der Waals surface area contributed by atoms with Gasteiger partial charge in [0.05, 0.1) is 5.52 Å². The number of nitrogens with one attached hydrogen (secondary N) is 2. The lowest BCUT2D eigenvalue weighted by atomic mass is 10.1. The zero-order chi connectivity index (χ0) is 13.1. The molecule has 2 rings (SSSR count). The van der Waals surface area contributed by atoms with Gasteiger partial charge in [-0.15, -0.1) is 11.6 Å². The zero-order valence-corrected chi connectivity index (χ0v) is 10.7. The Bertz CT molecular complexity index is 649. The van der Waals surface area contributed by atoms with Crippen LogP contribution < -0.4 is 10.9 Å². The molecule has 4 nitrogen and oxygen atoms in total. The Morgan fingerprint density at radius 1 is 1.39 bits per heavy atom. The summed E-state index contributed by atoms with van der Waals surface area (Å²) in [6.07, 6.45) is 0.786. The maximum Gasteiger partial charge on any atom is 0.248 e. The van der Waals surface area contributed by atoms with Gasteiger partial charge in [-0.3, -0.25) is 9.59 Å². The van der Waals surface area contributed by atoms with Crippen LogP contribution in [0.25, 0.3) is 10.9 Å². The van der Waals surface area contributed by atoms with E-state index in [1.165, 1.54) is 0 Å². The van der Waals surface area contributed by atoms with E-state index in [1.54, 1.807) is 18.2 Å². The number of alkyl halides is 1. The largest absolute Gasteiger partial charge is 0.325 e. The zero-order valence-electron chi connectivity index (χ0n) is 9.92. The van der Waals surface area contributed by atoms with Crippen molar-refractivity contribution >= 4 is 34.1 Å². The predicted octanol–water partition coefficient (Wildman–Crippen LogP) is 2.27. The van der Waals surface area contributed by atoms with Crippen LogP contribution in [0.4, 0.5) is 5.69 Å². The van der Waals surface area contributed by atoms with Crippen molar-refractivity contribution in [2.75, 3.05) is 11.2 Å². The number of carbonyl (C=O) groups is 1. The number of aryl methyl sites for hydroxylation is 1. The van der Waals surface area contributed by atoms with Crippen LogP contribution >= 0.6 is 11.6 Å². The number of carbonyl (C=O) groups excluding carboxylic acids is 1. The summed E-state index contributed by atoms with van der Waals surface area (Å²) in [5, 5.41) is 3.63. The molecule has 0 aliphatic carbocycles. The van der Waals surface area contributed by atoms with E-state index in [4.69, 9.17) is 11.6 Å². The van der Waals surface area contributed by atoms with E-state index >= 15 is 0 Å². The van der Waals surface area contributed by atoms with Crippen molar-refractivity contribution in [1.29, 1.82) is 0 Å². The number of H-pyrrole nitrogens is 1. The normalized spacial score (nSPS) is 10.6. The van der Waals surface area contributed by atoms with E-state index in [9.17, 15) is 9.59 Å². The second-order valence-corrected chi connectivity index (χ2v) is 4.22. The summed E-state index contributed by atoms with van der Waals surface area (Å²) in [5.41, 5.74) is 2.19. The Morgan fingerprint density at radius 3 is 2.83 bits per heavy atom. The molecule has 0 spiro atoms. The van der Waals surface area contributed by atoms with Crippen LogP contribution in [0.15, 0.2) is 29.1 Å². The molecule has 0 aliphatic heterocycles. The molecule has 1 aromatic carbocycles. The van der Waals surface area contributed by atoms with Crippen molar-refractivity contribution in [1.82, 2.24) is 4.98 Å². The number of hydrogen-bond donors (Lipinski definition) is 2. The van der Waals surface area contributed by atoms with Gasteiger partial charge in [-0.25, -0.2) is 0 Å². The number of halogens is 1. The Labute approximate surface area is 109 Å². The van der Waals surface area contributed by atoms with Gasteiger partial charge in [-0.05, 0) is 24.1 Å². The highest BCUT2D eigenvalue weighted by atomic mass is 35.5. The highest BCUT2D eigenvalue weighted by Gasteiger charge is 2.05. The minimum absolute atomic E-state index is 0.0937. The minimum atomic E-state index is -0.273. The Kier molecular flexibility index (Phi) is 3.67. The summed E-state index contributed by atoms with van der Waals surface area (Å²) in [7, 11) is 0. The lowest BCUT2D eigenvalue weighted by molar-refractivity contribution is -0.113. The fourth-order valence-corrected chi connectivity index (χ4v) is 1.96. The van der Waals surface area contributed by atoms with Gasteiger partial charge in [0.1, 0.15) is 5.88 Å². The molecule has 0 aliphatic rings. The standard InChI is InChI=1S/C13H13ClN2O2/c1-2-8-5-12(17)16-11-6-9(3-4-10(8)11)15-13(18)7-14/h3-6H,2,7H2,1H3,(H,15,18)(H,16,17). The molecule has 2 N–H and O–H groups in total. The first kappa shape index (κ1) is 12.6. The molecule has 0 bridgehead atoms. The number of aromatic nitrogens is 1. The maximum atomic E-state index is 11.5. The summed E-state index contributed by atoms with van der Waals surface area (Å²) in [5.74, 6) is -0.367. The van der Waals surface area contributed by atoms with E-state index in [1.807, 2.05) is 13.0 Å². The van der Waals surface area contributed by atoms with Gasteiger partial charge in [0.25, 0.3) is 0 Å². The summed E-state index contributed by atoms with van der Waals surface area (Å²) >= 11 is 5.42. The lowest BCUT2D eigenvalue weighted by Crippen LogP contribution is -2.13. The Balaban J connectivity index is 2.51. The van der Waals surface area contributed by atoms with Crippen LogP contribution in [0.5, 0.6) is 0 Å². The number of benzene rings is 1. The highest BCUT2D eigenvalue weighted by molar-refractivity contribution is 6.29. The predicted molar refractivity (Wildman–Crippen MR) is 73.3 cm³/mol. The summed E-state index contributed by atoms with van der Waals surface area (Å²) in [6, 6.07) is 7.01. The monoisotopic (exact) mass is 264 g/mol. The Hall–Kier alpha value is -1.81. The molecule has 94 valence electrons. The fraction of sp³-hybridized carbons (Fsp3) is 0.231. The first-order valence-corrected chi connectivity index (χ1v) is 6.19. The quantitative estimate of drug-likeness (QED) is 0.836. The molecule has 2 aromatic rings. The molecular formula is C13H13ClN2O2. The molecule has 0 atom stereocenters. The van der Waals surface area contributed by atoms with Gasteiger partial charge in [0, 0.05) is 17.1 Å². The van der Waals surface area contributed by atoms with Crippen LogP contribution in [-0.2, 0) is 11.2 Å². The second kappa shape index (κ2) is 5.23. The number of hydrogen-bond acceptors (Lipinski definition) is 2. The van der Waals surface area contributed by atoms with Crippen molar-refractivity contribution in [2.24, 2.45) is 0 Å². The molecular weight excluding hydrogens is 252 g/mol. The van der Waals surface area contributed by atoms with Crippen LogP contribution in [0, 0.1) is 0 Å². The molecule has 1 aromatic heterocycles. The SMILES string of the molecule is CCc1cc(=O)[nH]c2cc(NC(=O)CCl)ccc12. The van der Waals surface area contributed by atoms with Gasteiger partial charge < -0.3 is 10.3 Å². The van der Waals surface area contributed by atoms with Crippen LogP contribution in [0.1, 0.15) is 12.5 Å². The minimum Gasteiger partial charge on any atom is -0.325 e. The second-order valence-electron chi connectivity index (χ2n) is 3.95. The molecule has 5 heteroatoms. The first-order chi connectivity index (χ1) is 8.63. The van der Waals surface area contributed by atoms with E-state index in [2.05, 4.69) is 10.3 Å². The van der Waals surface area contributed by atoms with Crippen molar-refractivity contribution in [3.63, 3.8) is 0 Å². The highest BCUT2D eigenvalue weighted by Crippen LogP contribution is 2.20. The lowest BCUT2D eigenvalue weighted by Gasteiger charge is -2.07. The van der Waals surface area contributed by atoms with E-state index in [0.29, 0.717) is 11.2 Å². The van der Waals surface area contributed by atoms with Crippen molar-refractivity contribution in [3.05, 3.63) is 40.2 Å². The third-order valence-electron chi connectivity index (χ3n) is 2.71. The topological polar surface area (TPSA) is 62.0 Å². The van der Waals surface area contributed by atoms with E-state index in [0.717, 1.165) is 17.4 Å². The molecule has 0 radical (unpaired) electrons. The average molecular weight is 265 g/mol. The molecule has 0 saturated carbocycles. The molecule has 0 unspecified atom stereocenters. The maximum absolute atomic E-state index is 11.5. The third kappa shape index (κ3) is 2.54. The van der Waals surface area contributed by atoms with Crippen LogP contribution in [0.2, 0.25) is 0 Å². The third-order valence-corrected chi connectivity index (χ3v) is 2.96. The number of rotatable bonds is 3. The van der Waals surface area contributed by atoms with Gasteiger partial charge in [-0.1, -0.05) is 13.0 Å². The number of pyridine rings is 1. The van der Waals surface area contributed by atoms with Gasteiger partial charge in [0.15, 0.2) is 0 Å². The number of aromatic amines is 1.